The lowest BCUT2D eigenvalue weighted by atomic mass is 9.82. The Hall–Kier alpha value is -2.92. The number of fused-ring (bicyclic) bond motifs is 2. The lowest BCUT2D eigenvalue weighted by Crippen LogP contribution is -2.45. The van der Waals surface area contributed by atoms with Crippen molar-refractivity contribution in [2.75, 3.05) is 5.32 Å². The average Bonchev–Trinajstić information content (AvgIpc) is 3.24. The number of ether oxygens (including phenoxy) is 1. The van der Waals surface area contributed by atoms with Crippen LogP contribution in [0.3, 0.4) is 0 Å². The summed E-state index contributed by atoms with van der Waals surface area (Å²) in [5.41, 5.74) is 2.49. The quantitative estimate of drug-likeness (QED) is 0.862. The Morgan fingerprint density at radius 1 is 0.880 bits per heavy atom. The maximum Gasteiger partial charge on any atom is 0.231 e. The van der Waals surface area contributed by atoms with Gasteiger partial charge in [0.1, 0.15) is 0 Å². The smallest absolute Gasteiger partial charge is 0.231 e. The number of para-hydroxylation sites is 1. The Kier molecular flexibility index (Phi) is 3.86. The number of hydrogen-bond acceptors (Lipinski definition) is 4. The van der Waals surface area contributed by atoms with Crippen LogP contribution in [0.1, 0.15) is 0 Å². The van der Waals surface area contributed by atoms with Crippen LogP contribution in [0.25, 0.3) is 11.1 Å². The Balaban J connectivity index is 1.62. The number of carbonyl (C=O) groups is 2. The maximum atomic E-state index is 12.8. The predicted octanol–water partition coefficient (Wildman–Crippen LogP) is 1.61. The standard InChI is InChI=1S/C20H17NO4/c22-19(17-15-10-11-16(25-15)18(17)20(23)24)21-14-9-5-4-8-13(14)12-6-2-1-3-7-12/h1-11,15-18H,(H,21,22)(H,23,24)/p-1/t15-,16+,17+,18+/m1/s1. The van der Waals surface area contributed by atoms with Crippen molar-refractivity contribution < 1.29 is 19.4 Å². The van der Waals surface area contributed by atoms with Crippen molar-refractivity contribution >= 4 is 17.6 Å². The predicted molar refractivity (Wildman–Crippen MR) is 90.3 cm³/mol. The normalized spacial score (nSPS) is 26.6. The number of carboxylic acids is 1. The van der Waals surface area contributed by atoms with Crippen molar-refractivity contribution in [1.29, 1.82) is 0 Å². The van der Waals surface area contributed by atoms with E-state index in [-0.39, 0.29) is 5.91 Å². The first kappa shape index (κ1) is 15.6. The molecule has 126 valence electrons. The van der Waals surface area contributed by atoms with Gasteiger partial charge in [-0.25, -0.2) is 0 Å². The van der Waals surface area contributed by atoms with Gasteiger partial charge < -0.3 is 20.0 Å². The summed E-state index contributed by atoms with van der Waals surface area (Å²) in [7, 11) is 0. The summed E-state index contributed by atoms with van der Waals surface area (Å²) in [6, 6.07) is 17.1. The van der Waals surface area contributed by atoms with E-state index in [1.165, 1.54) is 0 Å². The molecule has 2 aliphatic rings. The van der Waals surface area contributed by atoms with E-state index in [1.54, 1.807) is 18.2 Å². The van der Waals surface area contributed by atoms with Crippen LogP contribution in [0, 0.1) is 11.8 Å². The lowest BCUT2D eigenvalue weighted by molar-refractivity contribution is -0.313. The number of carbonyl (C=O) groups excluding carboxylic acids is 2. The summed E-state index contributed by atoms with van der Waals surface area (Å²) in [6.07, 6.45) is 2.33. The highest BCUT2D eigenvalue weighted by atomic mass is 16.5. The van der Waals surface area contributed by atoms with Gasteiger partial charge >= 0.3 is 0 Å². The number of aliphatic carboxylic acids is 1. The summed E-state index contributed by atoms with van der Waals surface area (Å²) in [5.74, 6) is -3.37. The number of carboxylic acid groups (broad SMARTS) is 1. The molecule has 0 aliphatic carbocycles. The van der Waals surface area contributed by atoms with Gasteiger partial charge in [-0.15, -0.1) is 0 Å². The molecule has 2 aromatic rings. The molecule has 4 rings (SSSR count). The Bertz CT molecular complexity index is 846. The maximum absolute atomic E-state index is 12.8. The van der Waals surface area contributed by atoms with E-state index in [4.69, 9.17) is 4.74 Å². The Labute approximate surface area is 144 Å². The molecule has 1 amide bonds. The van der Waals surface area contributed by atoms with Gasteiger partial charge in [0, 0.05) is 23.1 Å². The fourth-order valence-corrected chi connectivity index (χ4v) is 3.58. The zero-order chi connectivity index (χ0) is 17.4. The number of benzene rings is 2. The molecular formula is C20H16NO4-. The topological polar surface area (TPSA) is 78.5 Å². The molecule has 2 aromatic carbocycles. The first-order chi connectivity index (χ1) is 12.1. The zero-order valence-electron chi connectivity index (χ0n) is 13.3. The number of nitrogens with one attached hydrogen (secondary N) is 1. The molecule has 1 fully saturated rings. The lowest BCUT2D eigenvalue weighted by Gasteiger charge is -2.25. The molecule has 2 heterocycles. The van der Waals surface area contributed by atoms with Gasteiger partial charge in [-0.3, -0.25) is 4.79 Å². The van der Waals surface area contributed by atoms with Gasteiger partial charge in [0.25, 0.3) is 0 Å². The number of hydrogen-bond donors (Lipinski definition) is 1. The summed E-state index contributed by atoms with van der Waals surface area (Å²) < 4.78 is 5.54. The highest BCUT2D eigenvalue weighted by Crippen LogP contribution is 2.40. The van der Waals surface area contributed by atoms with E-state index in [2.05, 4.69) is 5.32 Å². The van der Waals surface area contributed by atoms with E-state index in [9.17, 15) is 14.7 Å². The van der Waals surface area contributed by atoms with Gasteiger partial charge in [0.05, 0.1) is 18.1 Å². The third kappa shape index (κ3) is 2.72. The molecule has 2 bridgehead atoms. The van der Waals surface area contributed by atoms with Gasteiger partial charge in [-0.05, 0) is 11.6 Å². The molecule has 0 unspecified atom stereocenters. The van der Waals surface area contributed by atoms with Crippen molar-refractivity contribution in [2.24, 2.45) is 11.8 Å². The third-order valence-electron chi connectivity index (χ3n) is 4.74. The zero-order valence-corrected chi connectivity index (χ0v) is 13.3. The average molecular weight is 334 g/mol. The molecule has 25 heavy (non-hydrogen) atoms. The minimum absolute atomic E-state index is 0.366. The van der Waals surface area contributed by atoms with Crippen LogP contribution in [-0.4, -0.2) is 24.1 Å². The van der Waals surface area contributed by atoms with E-state index in [0.29, 0.717) is 5.69 Å². The first-order valence-electron chi connectivity index (χ1n) is 8.15. The third-order valence-corrected chi connectivity index (χ3v) is 4.74. The first-order valence-corrected chi connectivity index (χ1v) is 8.15. The second-order valence-corrected chi connectivity index (χ2v) is 6.22. The Morgan fingerprint density at radius 3 is 2.24 bits per heavy atom. The molecule has 0 aromatic heterocycles. The van der Waals surface area contributed by atoms with Crippen LogP contribution in [0.4, 0.5) is 5.69 Å². The summed E-state index contributed by atoms with van der Waals surface area (Å²) in [4.78, 5) is 24.2. The molecule has 5 heteroatoms. The van der Waals surface area contributed by atoms with E-state index in [0.717, 1.165) is 11.1 Å². The molecule has 0 spiro atoms. The van der Waals surface area contributed by atoms with Crippen LogP contribution >= 0.6 is 0 Å². The molecule has 4 atom stereocenters. The van der Waals surface area contributed by atoms with E-state index >= 15 is 0 Å². The number of amides is 1. The van der Waals surface area contributed by atoms with Crippen molar-refractivity contribution in [3.8, 4) is 11.1 Å². The van der Waals surface area contributed by atoms with Gasteiger partial charge in [-0.1, -0.05) is 60.7 Å². The van der Waals surface area contributed by atoms with Gasteiger partial charge in [0.2, 0.25) is 5.91 Å². The van der Waals surface area contributed by atoms with Crippen LogP contribution in [0.15, 0.2) is 66.7 Å². The second-order valence-electron chi connectivity index (χ2n) is 6.22. The highest BCUT2D eigenvalue weighted by Gasteiger charge is 2.50. The molecule has 0 saturated carbocycles. The van der Waals surface area contributed by atoms with Crippen LogP contribution in [0.5, 0.6) is 0 Å². The fraction of sp³-hybridized carbons (Fsp3) is 0.200. The largest absolute Gasteiger partial charge is 0.550 e. The molecule has 1 N–H and O–H groups in total. The van der Waals surface area contributed by atoms with Crippen LogP contribution in [-0.2, 0) is 14.3 Å². The highest BCUT2D eigenvalue weighted by molar-refractivity contribution is 5.99. The van der Waals surface area contributed by atoms with Crippen molar-refractivity contribution in [1.82, 2.24) is 0 Å². The minimum atomic E-state index is -1.26. The van der Waals surface area contributed by atoms with Crippen LogP contribution in [0.2, 0.25) is 0 Å². The second kappa shape index (κ2) is 6.18. The summed E-state index contributed by atoms with van der Waals surface area (Å²) in [5, 5.41) is 14.3. The minimum Gasteiger partial charge on any atom is -0.550 e. The SMILES string of the molecule is O=C([O-])[C@@H]1[C@@H](C(=O)Nc2ccccc2-c2ccccc2)[C@H]2C=C[C@@H]1O2. The molecule has 1 saturated heterocycles. The fourth-order valence-electron chi connectivity index (χ4n) is 3.58. The van der Waals surface area contributed by atoms with E-state index in [1.807, 2.05) is 48.5 Å². The van der Waals surface area contributed by atoms with E-state index < -0.39 is 30.0 Å². The van der Waals surface area contributed by atoms with Crippen molar-refractivity contribution in [3.63, 3.8) is 0 Å². The van der Waals surface area contributed by atoms with Gasteiger partial charge in [0.15, 0.2) is 0 Å². The monoisotopic (exact) mass is 334 g/mol. The number of anilines is 1. The number of rotatable bonds is 4. The molecule has 0 radical (unpaired) electrons. The summed E-state index contributed by atoms with van der Waals surface area (Å²) >= 11 is 0. The summed E-state index contributed by atoms with van der Waals surface area (Å²) in [6.45, 7) is 0. The Morgan fingerprint density at radius 2 is 1.52 bits per heavy atom. The van der Waals surface area contributed by atoms with Crippen molar-refractivity contribution in [2.45, 2.75) is 12.2 Å². The molecule has 2 aliphatic heterocycles. The van der Waals surface area contributed by atoms with Crippen LogP contribution < -0.4 is 10.4 Å². The molecule has 5 nitrogen and oxygen atoms in total. The van der Waals surface area contributed by atoms with Crippen molar-refractivity contribution in [3.05, 3.63) is 66.7 Å². The van der Waals surface area contributed by atoms with Gasteiger partial charge in [-0.2, -0.15) is 0 Å². The molecular weight excluding hydrogens is 318 g/mol.